The van der Waals surface area contributed by atoms with Crippen molar-refractivity contribution < 1.29 is 28.6 Å². The molecule has 74 heavy (non-hydrogen) atoms. The molecule has 0 amide bonds. The number of carbonyl (C=O) groups is 3. The van der Waals surface area contributed by atoms with Gasteiger partial charge in [-0.2, -0.15) is 0 Å². The molecule has 0 aromatic carbocycles. The Morgan fingerprint density at radius 2 is 0.527 bits per heavy atom. The average Bonchev–Trinajstić information content (AvgIpc) is 3.40. The second kappa shape index (κ2) is 61.1. The third-order valence-electron chi connectivity index (χ3n) is 12.4. The first-order valence-corrected chi connectivity index (χ1v) is 30.2. The van der Waals surface area contributed by atoms with E-state index in [4.69, 9.17) is 14.2 Å². The Kier molecular flexibility index (Phi) is 57.4. The van der Waals surface area contributed by atoms with Gasteiger partial charge >= 0.3 is 17.9 Å². The molecule has 0 spiro atoms. The van der Waals surface area contributed by atoms with Crippen LogP contribution in [-0.2, 0) is 28.6 Å². The molecule has 0 fully saturated rings. The molecule has 6 heteroatoms. The van der Waals surface area contributed by atoms with E-state index in [0.717, 1.165) is 148 Å². The number of ether oxygens (including phenoxy) is 3. The second-order valence-electron chi connectivity index (χ2n) is 19.5. The smallest absolute Gasteiger partial charge is 0.306 e. The van der Waals surface area contributed by atoms with Gasteiger partial charge in [-0.25, -0.2) is 0 Å². The maximum absolute atomic E-state index is 12.8. The quantitative estimate of drug-likeness (QED) is 0.0261. The molecule has 0 aromatic heterocycles. The van der Waals surface area contributed by atoms with E-state index in [9.17, 15) is 14.4 Å². The van der Waals surface area contributed by atoms with Gasteiger partial charge in [0.05, 0.1) is 0 Å². The topological polar surface area (TPSA) is 78.9 Å². The van der Waals surface area contributed by atoms with Crippen molar-refractivity contribution in [2.75, 3.05) is 13.2 Å². The summed E-state index contributed by atoms with van der Waals surface area (Å²) < 4.78 is 16.7. The number of hydrogen-bond donors (Lipinski definition) is 0. The second-order valence-corrected chi connectivity index (χ2v) is 19.5. The number of rotatable bonds is 53. The van der Waals surface area contributed by atoms with E-state index < -0.39 is 6.10 Å². The Morgan fingerprint density at radius 3 is 0.851 bits per heavy atom. The minimum Gasteiger partial charge on any atom is -0.462 e. The van der Waals surface area contributed by atoms with Gasteiger partial charge in [-0.15, -0.1) is 0 Å². The predicted molar refractivity (Wildman–Crippen MR) is 320 cm³/mol. The van der Waals surface area contributed by atoms with E-state index in [2.05, 4.69) is 154 Å². The Hall–Kier alpha value is -4.45. The van der Waals surface area contributed by atoms with Gasteiger partial charge in [0.25, 0.3) is 0 Å². The molecule has 418 valence electrons. The molecule has 0 bridgehead atoms. The highest BCUT2D eigenvalue weighted by Gasteiger charge is 2.19. The minimum absolute atomic E-state index is 0.0903. The molecule has 0 heterocycles. The SMILES string of the molecule is CC/C=C\C/C=C\C/C=C\C/C=C\C/C=C\C/C=C\C/C=C\C/C=C\C/C=C\CCCCCCCC(=O)OCC(COC(=O)CCCCCCCC)OC(=O)CCCCCCCCC/C=C\C/C=C\CCCCC. The first-order chi connectivity index (χ1) is 36.5. The number of carbonyl (C=O) groups excluding carboxylic acids is 3. The van der Waals surface area contributed by atoms with Gasteiger partial charge in [0.15, 0.2) is 6.10 Å². The van der Waals surface area contributed by atoms with E-state index >= 15 is 0 Å². The minimum atomic E-state index is -0.791. The summed E-state index contributed by atoms with van der Waals surface area (Å²) in [5.74, 6) is -0.931. The van der Waals surface area contributed by atoms with E-state index in [1.807, 2.05) is 0 Å². The molecule has 0 aliphatic heterocycles. The van der Waals surface area contributed by atoms with Crippen molar-refractivity contribution in [3.63, 3.8) is 0 Å². The van der Waals surface area contributed by atoms with Crippen molar-refractivity contribution in [3.05, 3.63) is 134 Å². The molecule has 1 atom stereocenters. The molecule has 0 saturated heterocycles. The fourth-order valence-corrected chi connectivity index (χ4v) is 7.88. The highest BCUT2D eigenvalue weighted by atomic mass is 16.6. The Labute approximate surface area is 455 Å². The third kappa shape index (κ3) is 58.4. The molecule has 1 unspecified atom stereocenters. The number of esters is 3. The molecule has 0 aliphatic carbocycles. The van der Waals surface area contributed by atoms with Gasteiger partial charge in [-0.1, -0.05) is 251 Å². The van der Waals surface area contributed by atoms with Crippen molar-refractivity contribution in [2.45, 2.75) is 264 Å². The zero-order valence-electron chi connectivity index (χ0n) is 47.8. The summed E-state index contributed by atoms with van der Waals surface area (Å²) in [5, 5.41) is 0. The predicted octanol–water partition coefficient (Wildman–Crippen LogP) is 20.6. The van der Waals surface area contributed by atoms with Gasteiger partial charge in [-0.3, -0.25) is 14.4 Å². The van der Waals surface area contributed by atoms with Gasteiger partial charge in [0.2, 0.25) is 0 Å². The van der Waals surface area contributed by atoms with Crippen molar-refractivity contribution >= 4 is 17.9 Å². The Morgan fingerprint density at radius 1 is 0.284 bits per heavy atom. The maximum Gasteiger partial charge on any atom is 0.306 e. The summed E-state index contributed by atoms with van der Waals surface area (Å²) in [4.78, 5) is 37.9. The molecule has 0 saturated carbocycles. The van der Waals surface area contributed by atoms with Crippen molar-refractivity contribution in [2.24, 2.45) is 0 Å². The summed E-state index contributed by atoms with van der Waals surface area (Å²) in [6.45, 7) is 6.41. The van der Waals surface area contributed by atoms with Crippen LogP contribution in [0.1, 0.15) is 258 Å². The molecule has 0 aromatic rings. The van der Waals surface area contributed by atoms with Crippen LogP contribution in [0.15, 0.2) is 134 Å². The van der Waals surface area contributed by atoms with Crippen LogP contribution in [0.5, 0.6) is 0 Å². The lowest BCUT2D eigenvalue weighted by atomic mass is 10.1. The van der Waals surface area contributed by atoms with Crippen LogP contribution in [0.3, 0.4) is 0 Å². The Bertz CT molecular complexity index is 1600. The van der Waals surface area contributed by atoms with E-state index in [-0.39, 0.29) is 31.1 Å². The summed E-state index contributed by atoms with van der Waals surface area (Å²) in [6.07, 6.45) is 86.2. The highest BCUT2D eigenvalue weighted by Crippen LogP contribution is 2.14. The zero-order valence-corrected chi connectivity index (χ0v) is 47.8. The molecular weight excluding hydrogens is 913 g/mol. The summed E-state index contributed by atoms with van der Waals surface area (Å²) in [5.41, 5.74) is 0. The van der Waals surface area contributed by atoms with Crippen LogP contribution >= 0.6 is 0 Å². The van der Waals surface area contributed by atoms with E-state index in [1.54, 1.807) is 0 Å². The molecule has 6 nitrogen and oxygen atoms in total. The summed E-state index contributed by atoms with van der Waals surface area (Å²) in [7, 11) is 0. The van der Waals surface area contributed by atoms with Crippen LogP contribution in [0.25, 0.3) is 0 Å². The van der Waals surface area contributed by atoms with Gasteiger partial charge in [0.1, 0.15) is 13.2 Å². The van der Waals surface area contributed by atoms with Crippen molar-refractivity contribution in [3.8, 4) is 0 Å². The maximum atomic E-state index is 12.8. The third-order valence-corrected chi connectivity index (χ3v) is 12.4. The Balaban J connectivity index is 4.18. The lowest BCUT2D eigenvalue weighted by Crippen LogP contribution is -2.30. The lowest BCUT2D eigenvalue weighted by molar-refractivity contribution is -0.167. The van der Waals surface area contributed by atoms with E-state index in [1.165, 1.54) is 70.6 Å². The molecule has 0 rings (SSSR count). The standard InChI is InChI=1S/C68H110O6/c1-4-7-10-13-16-18-20-22-24-26-27-28-29-30-31-32-33-34-35-36-37-38-39-40-41-43-44-46-48-50-52-55-58-61-67(70)73-64-65(63-72-66(69)60-57-54-15-12-9-6-3)74-68(71)62-59-56-53-51-49-47-45-42-25-23-21-19-17-14-11-8-5-2/h7,10,16-19,22-25,27-28,30-31,33-34,36-37,39-40,43-44,65H,4-6,8-9,11-15,20-21,26,29,32,35,38,41-42,45-64H2,1-3H3/b10-7-,18-16-,19-17-,24-22-,25-23-,28-27-,31-30-,34-33-,37-36-,40-39-,44-43-. The zero-order chi connectivity index (χ0) is 53.6. The van der Waals surface area contributed by atoms with Crippen LogP contribution in [-0.4, -0.2) is 37.2 Å². The molecular formula is C68H110O6. The van der Waals surface area contributed by atoms with Crippen molar-refractivity contribution in [1.29, 1.82) is 0 Å². The fraction of sp³-hybridized carbons (Fsp3) is 0.632. The first-order valence-electron chi connectivity index (χ1n) is 30.2. The molecule has 0 N–H and O–H groups in total. The van der Waals surface area contributed by atoms with Crippen molar-refractivity contribution in [1.82, 2.24) is 0 Å². The average molecular weight is 1020 g/mol. The van der Waals surface area contributed by atoms with Crippen LogP contribution < -0.4 is 0 Å². The van der Waals surface area contributed by atoms with Crippen LogP contribution in [0.2, 0.25) is 0 Å². The number of unbranched alkanes of at least 4 members (excludes halogenated alkanes) is 20. The summed E-state index contributed by atoms with van der Waals surface area (Å²) in [6, 6.07) is 0. The largest absolute Gasteiger partial charge is 0.462 e. The normalized spacial score (nSPS) is 13.1. The van der Waals surface area contributed by atoms with E-state index in [0.29, 0.717) is 19.3 Å². The van der Waals surface area contributed by atoms with Gasteiger partial charge in [0, 0.05) is 19.3 Å². The number of hydrogen-bond acceptors (Lipinski definition) is 6. The lowest BCUT2D eigenvalue weighted by Gasteiger charge is -2.18. The highest BCUT2D eigenvalue weighted by molar-refractivity contribution is 5.71. The monoisotopic (exact) mass is 1020 g/mol. The van der Waals surface area contributed by atoms with Crippen LogP contribution in [0, 0.1) is 0 Å². The fourth-order valence-electron chi connectivity index (χ4n) is 7.88. The summed E-state index contributed by atoms with van der Waals surface area (Å²) >= 11 is 0. The van der Waals surface area contributed by atoms with Gasteiger partial charge < -0.3 is 14.2 Å². The molecule has 0 radical (unpaired) electrons. The van der Waals surface area contributed by atoms with Gasteiger partial charge in [-0.05, 0) is 122 Å². The number of allylic oxidation sites excluding steroid dienone is 22. The van der Waals surface area contributed by atoms with Crippen LogP contribution in [0.4, 0.5) is 0 Å². The molecule has 0 aliphatic rings. The first kappa shape index (κ1) is 69.5.